The van der Waals surface area contributed by atoms with Crippen LogP contribution in [0.2, 0.25) is 0 Å². The number of nitrogens with one attached hydrogen (secondary N) is 4. The summed E-state index contributed by atoms with van der Waals surface area (Å²) in [5.41, 5.74) is 0.823. The van der Waals surface area contributed by atoms with E-state index in [-0.39, 0.29) is 118 Å². The molecule has 4 aromatic rings. The highest BCUT2D eigenvalue weighted by molar-refractivity contribution is 7.89. The van der Waals surface area contributed by atoms with Crippen LogP contribution < -0.4 is 29.3 Å². The van der Waals surface area contributed by atoms with Crippen molar-refractivity contribution in [2.75, 3.05) is 41.3 Å². The largest absolute Gasteiger partial charge is 0.507 e. The van der Waals surface area contributed by atoms with Gasteiger partial charge in [-0.1, -0.05) is 37.9 Å². The summed E-state index contributed by atoms with van der Waals surface area (Å²) in [6.07, 6.45) is 1.84. The van der Waals surface area contributed by atoms with E-state index >= 15 is 0 Å². The van der Waals surface area contributed by atoms with E-state index in [4.69, 9.17) is 0 Å². The molecule has 4 aromatic carbocycles. The van der Waals surface area contributed by atoms with Crippen molar-refractivity contribution in [2.24, 2.45) is 0 Å². The number of benzene rings is 4. The number of carbonyl (C=O) groups excluding carboxylic acids is 3. The molecule has 63 heavy (non-hydrogen) atoms. The summed E-state index contributed by atoms with van der Waals surface area (Å²) in [5.74, 6) is -2.96. The Hall–Kier alpha value is -5.77. The van der Waals surface area contributed by atoms with Crippen molar-refractivity contribution in [3.8, 4) is 5.75 Å². The molecule has 0 saturated heterocycles. The zero-order valence-corrected chi connectivity index (χ0v) is 37.9. The molecule has 6 N–H and O–H groups in total. The van der Waals surface area contributed by atoms with Crippen molar-refractivity contribution >= 4 is 99.2 Å². The first kappa shape index (κ1) is 49.9. The molecule has 3 amide bonds. The van der Waals surface area contributed by atoms with Crippen LogP contribution in [0.1, 0.15) is 65.7 Å². The number of aromatic hydroxyl groups is 1. The fourth-order valence-electron chi connectivity index (χ4n) is 6.94. The van der Waals surface area contributed by atoms with Crippen LogP contribution in [0, 0.1) is 0 Å². The van der Waals surface area contributed by atoms with E-state index in [1.807, 2.05) is 0 Å². The predicted molar refractivity (Wildman–Crippen MR) is 245 cm³/mol. The minimum Gasteiger partial charge on any atom is -0.507 e. The monoisotopic (exact) mass is 930 g/mol. The second kappa shape index (κ2) is 22.0. The van der Waals surface area contributed by atoms with Crippen molar-refractivity contribution in [3.63, 3.8) is 0 Å². The number of carboxylic acids is 1. The molecule has 1 atom stereocenters. The Kier molecular flexibility index (Phi) is 17.4. The van der Waals surface area contributed by atoms with Crippen molar-refractivity contribution in [2.45, 2.75) is 76.7 Å². The third kappa shape index (κ3) is 12.5. The third-order valence-electron chi connectivity index (χ3n) is 10.2. The maximum atomic E-state index is 14.5. The number of phenolic OH excluding ortho intramolecular Hbond substituents is 1. The molecule has 0 aromatic heterocycles. The third-order valence-corrected chi connectivity index (χ3v) is 13.3. The number of hydrogen-bond acceptors (Lipinski definition) is 11. The van der Waals surface area contributed by atoms with Gasteiger partial charge in [-0.05, 0) is 77.8 Å². The van der Waals surface area contributed by atoms with Crippen molar-refractivity contribution in [1.29, 1.82) is 0 Å². The highest BCUT2D eigenvalue weighted by Crippen LogP contribution is 2.47. The molecule has 4 rings (SSSR count). The lowest BCUT2D eigenvalue weighted by atomic mass is 9.92. The molecular weight excluding hydrogens is 877 g/mol. The predicted octanol–water partition coefficient (Wildman–Crippen LogP) is 3.49. The lowest BCUT2D eigenvalue weighted by molar-refractivity contribution is -0.139. The molecule has 0 fully saturated rings. The SMILES string of the molecule is C=C(C)C(=O)NCCCCCN(c1cc(O)c2ccc3c(S(=O)(=O)NC(CCCCNC(=O)C(=C)C)C(=O)O)cc(N(CCCNC(=O)C(=C)C)[SH](=O)=O)c4ccc1c2c43)[SH](=O)=O. The summed E-state index contributed by atoms with van der Waals surface area (Å²) in [5, 5.41) is 30.6. The van der Waals surface area contributed by atoms with Gasteiger partial charge in [-0.25, -0.2) is 25.3 Å². The number of thiol groups is 2. The Morgan fingerprint density at radius 2 is 1.06 bits per heavy atom. The van der Waals surface area contributed by atoms with Gasteiger partial charge in [-0.3, -0.25) is 27.8 Å². The van der Waals surface area contributed by atoms with Crippen LogP contribution in [-0.4, -0.2) is 97.9 Å². The molecular formula is C42H54N6O12S3. The first-order chi connectivity index (χ1) is 29.7. The molecule has 1 unspecified atom stereocenters. The second-order valence-corrected chi connectivity index (χ2v) is 18.7. The fraction of sp³-hybridized carbons (Fsp3) is 0.381. The molecule has 0 radical (unpaired) electrons. The minimum atomic E-state index is -4.81. The van der Waals surface area contributed by atoms with Crippen molar-refractivity contribution in [3.05, 3.63) is 72.9 Å². The molecule has 0 aliphatic carbocycles. The Bertz CT molecular complexity index is 2700. The number of carboxylic acid groups (broad SMARTS) is 1. The number of hydrogen-bond donors (Lipinski definition) is 8. The highest BCUT2D eigenvalue weighted by atomic mass is 32.2. The van der Waals surface area contributed by atoms with Crippen LogP contribution in [0.5, 0.6) is 5.75 Å². The van der Waals surface area contributed by atoms with E-state index in [0.29, 0.717) is 37.8 Å². The van der Waals surface area contributed by atoms with Gasteiger partial charge >= 0.3 is 5.97 Å². The topological polar surface area (TPSA) is 266 Å². The number of nitrogens with zero attached hydrogens (tertiary/aromatic N) is 2. The van der Waals surface area contributed by atoms with Gasteiger partial charge in [0.2, 0.25) is 49.5 Å². The molecule has 18 nitrogen and oxygen atoms in total. The Balaban J connectivity index is 1.86. The van der Waals surface area contributed by atoms with Crippen LogP contribution in [0.25, 0.3) is 32.3 Å². The number of unbranched alkanes of at least 4 members (excludes halogenated alkanes) is 3. The molecule has 0 saturated carbocycles. The Morgan fingerprint density at radius 3 is 1.56 bits per heavy atom. The zero-order chi connectivity index (χ0) is 46.8. The van der Waals surface area contributed by atoms with E-state index in [2.05, 4.69) is 40.4 Å². The molecule has 0 bridgehead atoms. The normalized spacial score (nSPS) is 12.1. The average molecular weight is 931 g/mol. The highest BCUT2D eigenvalue weighted by Gasteiger charge is 2.31. The summed E-state index contributed by atoms with van der Waals surface area (Å²) in [7, 11) is -11.6. The molecule has 21 heteroatoms. The number of carbonyl (C=O) groups is 4. The van der Waals surface area contributed by atoms with E-state index in [9.17, 15) is 54.6 Å². The number of sulfonamides is 1. The van der Waals surface area contributed by atoms with Gasteiger partial charge in [0.05, 0.1) is 16.3 Å². The maximum Gasteiger partial charge on any atom is 0.321 e. The summed E-state index contributed by atoms with van der Waals surface area (Å²) in [6.45, 7) is 15.7. The standard InChI is InChI=1S/C42H54N6O12S3/c1-25(2)39(50)43-18-9-7-11-21-47(61(55)56)33-23-35(49)30-16-17-31-36(63(59,60)46-32(42(53)54)13-8-10-19-44-40(51)26(3)4)24-34(29-15-14-28(33)37(30)38(29)31)48(62(57)58)22-12-20-45-41(52)27(5)6/h14-17,23-24,32,46,49,61-62H,1,3,5,7-13,18-22H2,2,4,6H3,(H,43,50)(H,44,51)(H,45,52)(H,53,54). The molecule has 0 aliphatic heterocycles. The van der Waals surface area contributed by atoms with Gasteiger partial charge < -0.3 is 26.2 Å². The van der Waals surface area contributed by atoms with Gasteiger partial charge in [0.15, 0.2) is 0 Å². The number of rotatable bonds is 26. The van der Waals surface area contributed by atoms with Crippen LogP contribution in [0.4, 0.5) is 11.4 Å². The van der Waals surface area contributed by atoms with Gasteiger partial charge in [-0.2, -0.15) is 4.72 Å². The van der Waals surface area contributed by atoms with E-state index in [1.54, 1.807) is 13.0 Å². The van der Waals surface area contributed by atoms with E-state index in [0.717, 1.165) is 14.7 Å². The lowest BCUT2D eigenvalue weighted by Gasteiger charge is -2.26. The smallest absolute Gasteiger partial charge is 0.321 e. The van der Waals surface area contributed by atoms with Crippen molar-refractivity contribution < 1.29 is 54.6 Å². The lowest BCUT2D eigenvalue weighted by Crippen LogP contribution is -2.41. The van der Waals surface area contributed by atoms with Gasteiger partial charge in [0.1, 0.15) is 11.8 Å². The molecule has 342 valence electrons. The first-order valence-corrected chi connectivity index (χ1v) is 23.8. The Morgan fingerprint density at radius 1 is 0.635 bits per heavy atom. The number of anilines is 2. The van der Waals surface area contributed by atoms with E-state index < -0.39 is 54.6 Å². The van der Waals surface area contributed by atoms with E-state index in [1.165, 1.54) is 38.1 Å². The quantitative estimate of drug-likeness (QED) is 0.0195. The number of aliphatic carboxylic acids is 1. The molecule has 0 spiro atoms. The van der Waals surface area contributed by atoms with Crippen molar-refractivity contribution in [1.82, 2.24) is 20.7 Å². The number of amides is 3. The van der Waals surface area contributed by atoms with Gasteiger partial charge in [0, 0.05) is 87.8 Å². The van der Waals surface area contributed by atoms with Gasteiger partial charge in [0.25, 0.3) is 0 Å². The van der Waals surface area contributed by atoms with Crippen LogP contribution in [0.15, 0.2) is 77.7 Å². The number of phenols is 1. The summed E-state index contributed by atoms with van der Waals surface area (Å²) in [4.78, 5) is 47.8. The fourth-order valence-corrected chi connectivity index (χ4v) is 9.68. The summed E-state index contributed by atoms with van der Waals surface area (Å²) < 4.78 is 84.9. The second-order valence-electron chi connectivity index (χ2n) is 15.1. The summed E-state index contributed by atoms with van der Waals surface area (Å²) in [6, 6.07) is 6.66. The first-order valence-electron chi connectivity index (χ1n) is 20.0. The Labute approximate surface area is 369 Å². The van der Waals surface area contributed by atoms with Gasteiger partial charge in [-0.15, -0.1) is 0 Å². The van der Waals surface area contributed by atoms with Crippen LogP contribution in [-0.2, 0) is 51.0 Å². The minimum absolute atomic E-state index is 0.0193. The van der Waals surface area contributed by atoms with Crippen LogP contribution >= 0.6 is 0 Å². The molecule has 0 heterocycles. The maximum absolute atomic E-state index is 14.5. The molecule has 0 aliphatic rings. The summed E-state index contributed by atoms with van der Waals surface area (Å²) >= 11 is 0. The zero-order valence-electron chi connectivity index (χ0n) is 35.3. The average Bonchev–Trinajstić information content (AvgIpc) is 3.21. The van der Waals surface area contributed by atoms with Crippen LogP contribution in [0.3, 0.4) is 0 Å².